The van der Waals surface area contributed by atoms with Crippen molar-refractivity contribution in [3.8, 4) is 17.2 Å². The number of rotatable bonds is 7. The lowest BCUT2D eigenvalue weighted by Crippen LogP contribution is -2.19. The van der Waals surface area contributed by atoms with Crippen molar-refractivity contribution in [2.24, 2.45) is 0 Å². The molecular formula is C24H32N2O8. The third-order valence-corrected chi connectivity index (χ3v) is 4.35. The van der Waals surface area contributed by atoms with Gasteiger partial charge in [0.1, 0.15) is 11.5 Å². The van der Waals surface area contributed by atoms with Gasteiger partial charge in [-0.1, -0.05) is 32.8 Å². The van der Waals surface area contributed by atoms with Crippen LogP contribution in [0.25, 0.3) is 11.1 Å². The number of ether oxygens (including phenoxy) is 3. The van der Waals surface area contributed by atoms with Gasteiger partial charge in [-0.3, -0.25) is 14.6 Å². The van der Waals surface area contributed by atoms with E-state index in [1.165, 1.54) is 19.4 Å². The van der Waals surface area contributed by atoms with Crippen molar-refractivity contribution < 1.29 is 28.5 Å². The van der Waals surface area contributed by atoms with Gasteiger partial charge in [0.15, 0.2) is 11.3 Å². The van der Waals surface area contributed by atoms with Crippen molar-refractivity contribution in [3.63, 3.8) is 0 Å². The van der Waals surface area contributed by atoms with Crippen LogP contribution < -0.4 is 20.8 Å². The minimum atomic E-state index is -0.825. The number of fused-ring (bicyclic) bond motifs is 1. The number of nitrogens with zero attached hydrogens (tertiary/aromatic N) is 1. The number of methoxy groups -OCH3 is 2. The lowest BCUT2D eigenvalue weighted by atomic mass is 10.2. The average molecular weight is 477 g/mol. The van der Waals surface area contributed by atoms with Crippen LogP contribution in [0.3, 0.4) is 0 Å². The van der Waals surface area contributed by atoms with E-state index in [1.54, 1.807) is 31.4 Å². The molecule has 2 heterocycles. The van der Waals surface area contributed by atoms with Gasteiger partial charge in [0, 0.05) is 24.8 Å². The van der Waals surface area contributed by atoms with Gasteiger partial charge in [0.2, 0.25) is 5.58 Å². The molecule has 0 amide bonds. The molecule has 186 valence electrons. The second-order valence-electron chi connectivity index (χ2n) is 7.03. The minimum absolute atomic E-state index is 0.0453. The molecule has 0 radical (unpaired) electrons. The van der Waals surface area contributed by atoms with Crippen molar-refractivity contribution in [2.45, 2.75) is 52.6 Å². The zero-order valence-corrected chi connectivity index (χ0v) is 20.1. The number of phenols is 1. The standard InChI is InChI=1S/C9H18O2.C8H6N2O4.C7H8O2/c1-4-6-7-8(3)11-9(10)5-2;1-13-4-2-3-9-5-6(4)14-8(12)10-7(5)11;1-9-7-4-2-3-6(8)5-7/h8H,4-7H2,1-3H3;2-3H,1H3,(H,10,11,12);2-5,8H,1H3. The molecule has 0 saturated carbocycles. The summed E-state index contributed by atoms with van der Waals surface area (Å²) in [7, 11) is 2.98. The third kappa shape index (κ3) is 9.76. The molecule has 0 aliphatic carbocycles. The molecule has 2 aromatic heterocycles. The number of H-pyrrole nitrogens is 1. The van der Waals surface area contributed by atoms with Crippen LogP contribution >= 0.6 is 0 Å². The van der Waals surface area contributed by atoms with Gasteiger partial charge >= 0.3 is 11.7 Å². The first-order chi connectivity index (χ1) is 16.2. The molecule has 10 heteroatoms. The average Bonchev–Trinajstić information content (AvgIpc) is 2.83. The van der Waals surface area contributed by atoms with Gasteiger partial charge in [0.05, 0.1) is 20.3 Å². The lowest BCUT2D eigenvalue weighted by Gasteiger charge is -2.11. The predicted octanol–water partition coefficient (Wildman–Crippen LogP) is 3.80. The smallest absolute Gasteiger partial charge is 0.419 e. The van der Waals surface area contributed by atoms with Crippen LogP contribution in [0.15, 0.2) is 50.5 Å². The van der Waals surface area contributed by atoms with Gasteiger partial charge in [-0.15, -0.1) is 0 Å². The van der Waals surface area contributed by atoms with E-state index < -0.39 is 11.3 Å². The lowest BCUT2D eigenvalue weighted by molar-refractivity contribution is -0.148. The fourth-order valence-electron chi connectivity index (χ4n) is 2.59. The monoisotopic (exact) mass is 476 g/mol. The Morgan fingerprint density at radius 2 is 1.91 bits per heavy atom. The number of esters is 1. The van der Waals surface area contributed by atoms with Gasteiger partial charge in [-0.25, -0.2) is 9.78 Å². The zero-order valence-electron chi connectivity index (χ0n) is 20.1. The van der Waals surface area contributed by atoms with Crippen LogP contribution in [0.5, 0.6) is 17.2 Å². The van der Waals surface area contributed by atoms with Crippen LogP contribution in [-0.2, 0) is 9.53 Å². The fourth-order valence-corrected chi connectivity index (χ4v) is 2.59. The van der Waals surface area contributed by atoms with Gasteiger partial charge in [-0.2, -0.15) is 0 Å². The van der Waals surface area contributed by atoms with E-state index in [1.807, 2.05) is 18.8 Å². The summed E-state index contributed by atoms with van der Waals surface area (Å²) in [4.78, 5) is 38.6. The van der Waals surface area contributed by atoms with E-state index >= 15 is 0 Å². The highest BCUT2D eigenvalue weighted by Gasteiger charge is 2.09. The van der Waals surface area contributed by atoms with E-state index in [2.05, 4.69) is 11.9 Å². The largest absolute Gasteiger partial charge is 0.508 e. The molecule has 3 aromatic rings. The molecule has 1 unspecified atom stereocenters. The highest BCUT2D eigenvalue weighted by molar-refractivity contribution is 5.76. The van der Waals surface area contributed by atoms with E-state index in [9.17, 15) is 14.4 Å². The van der Waals surface area contributed by atoms with Crippen molar-refractivity contribution >= 4 is 17.1 Å². The molecule has 1 atom stereocenters. The zero-order chi connectivity index (χ0) is 25.5. The van der Waals surface area contributed by atoms with Crippen molar-refractivity contribution in [1.29, 1.82) is 0 Å². The number of unbranched alkanes of at least 4 members (excludes halogenated alkanes) is 1. The summed E-state index contributed by atoms with van der Waals surface area (Å²) in [5.74, 6) is 0.296. The molecule has 3 rings (SSSR count). The highest BCUT2D eigenvalue weighted by Crippen LogP contribution is 2.18. The molecule has 0 fully saturated rings. The number of hydrogen-bond donors (Lipinski definition) is 2. The van der Waals surface area contributed by atoms with Crippen molar-refractivity contribution in [1.82, 2.24) is 9.97 Å². The number of aromatic nitrogens is 2. The normalized spacial score (nSPS) is 10.7. The predicted molar refractivity (Wildman–Crippen MR) is 127 cm³/mol. The molecule has 0 aliphatic heterocycles. The Labute approximate surface area is 197 Å². The van der Waals surface area contributed by atoms with Gasteiger partial charge in [-0.05, 0) is 25.5 Å². The number of hydrogen-bond acceptors (Lipinski definition) is 9. The number of carbonyl (C=O) groups is 1. The Kier molecular flexibility index (Phi) is 12.5. The summed E-state index contributed by atoms with van der Waals surface area (Å²) in [5, 5.41) is 8.86. The first-order valence-electron chi connectivity index (χ1n) is 10.8. The van der Waals surface area contributed by atoms with E-state index in [0.717, 1.165) is 19.3 Å². The molecule has 0 spiro atoms. The highest BCUT2D eigenvalue weighted by atomic mass is 16.5. The Hall–Kier alpha value is -3.82. The number of nitrogens with one attached hydrogen (secondary N) is 1. The summed E-state index contributed by atoms with van der Waals surface area (Å²) in [6, 6.07) is 8.17. The third-order valence-electron chi connectivity index (χ3n) is 4.35. The number of pyridine rings is 1. The summed E-state index contributed by atoms with van der Waals surface area (Å²) in [6.45, 7) is 5.90. The summed E-state index contributed by atoms with van der Waals surface area (Å²) in [5.41, 5.74) is -0.483. The molecule has 34 heavy (non-hydrogen) atoms. The Morgan fingerprint density at radius 3 is 2.47 bits per heavy atom. The molecule has 10 nitrogen and oxygen atoms in total. The van der Waals surface area contributed by atoms with Crippen LogP contribution in [0.4, 0.5) is 0 Å². The second kappa shape index (κ2) is 15.1. The van der Waals surface area contributed by atoms with E-state index in [-0.39, 0.29) is 28.9 Å². The van der Waals surface area contributed by atoms with Crippen LogP contribution in [0.1, 0.15) is 46.5 Å². The Bertz CT molecular complexity index is 1140. The van der Waals surface area contributed by atoms with Crippen molar-refractivity contribution in [2.75, 3.05) is 14.2 Å². The summed E-state index contributed by atoms with van der Waals surface area (Å²) < 4.78 is 19.6. The maximum absolute atomic E-state index is 11.2. The number of aromatic amines is 1. The Morgan fingerprint density at radius 1 is 1.18 bits per heavy atom. The van der Waals surface area contributed by atoms with E-state index in [4.69, 9.17) is 23.7 Å². The van der Waals surface area contributed by atoms with Crippen LogP contribution in [0.2, 0.25) is 0 Å². The maximum atomic E-state index is 11.2. The SMILES string of the molecule is CCCCC(C)OC(=O)CC.COc1cccc(O)c1.COc1ccnc2c(=O)[nH]c(=O)oc12. The molecule has 1 aromatic carbocycles. The van der Waals surface area contributed by atoms with Crippen LogP contribution in [0, 0.1) is 0 Å². The quantitative estimate of drug-likeness (QED) is 0.487. The molecule has 0 bridgehead atoms. The number of phenolic OH excluding ortho intramolecular Hbond substituents is 1. The number of carbonyl (C=O) groups excluding carboxylic acids is 1. The Balaban J connectivity index is 0.000000263. The minimum Gasteiger partial charge on any atom is -0.508 e. The molecule has 2 N–H and O–H groups in total. The topological polar surface area (TPSA) is 141 Å². The second-order valence-corrected chi connectivity index (χ2v) is 7.03. The van der Waals surface area contributed by atoms with Gasteiger partial charge < -0.3 is 23.7 Å². The molecule has 0 saturated heterocycles. The first-order valence-corrected chi connectivity index (χ1v) is 10.8. The van der Waals surface area contributed by atoms with Crippen LogP contribution in [-0.4, -0.2) is 41.4 Å². The number of aromatic hydroxyl groups is 1. The fraction of sp³-hybridized carbons (Fsp3) is 0.417. The molecule has 0 aliphatic rings. The summed E-state index contributed by atoms with van der Waals surface area (Å²) in [6.07, 6.45) is 5.27. The summed E-state index contributed by atoms with van der Waals surface area (Å²) >= 11 is 0. The number of benzene rings is 1. The first kappa shape index (κ1) is 28.2. The van der Waals surface area contributed by atoms with E-state index in [0.29, 0.717) is 17.9 Å². The van der Waals surface area contributed by atoms with Crippen molar-refractivity contribution in [3.05, 3.63) is 57.4 Å². The maximum Gasteiger partial charge on any atom is 0.419 e. The molecular weight excluding hydrogens is 444 g/mol. The van der Waals surface area contributed by atoms with Gasteiger partial charge in [0.25, 0.3) is 5.56 Å².